The molecule has 1 N–H and O–H groups in total. The van der Waals surface area contributed by atoms with E-state index >= 15 is 0 Å². The molecule has 1 aromatic carbocycles. The normalized spacial score (nSPS) is 26.8. The molecular weight excluding hydrogens is 234 g/mol. The first kappa shape index (κ1) is 14.5. The van der Waals surface area contributed by atoms with Gasteiger partial charge in [-0.1, -0.05) is 38.1 Å². The van der Waals surface area contributed by atoms with E-state index in [-0.39, 0.29) is 12.1 Å². The van der Waals surface area contributed by atoms with Crippen LogP contribution in [0.1, 0.15) is 63.7 Å². The van der Waals surface area contributed by atoms with E-state index < -0.39 is 0 Å². The number of benzene rings is 1. The zero-order valence-corrected chi connectivity index (χ0v) is 12.6. The first-order valence-corrected chi connectivity index (χ1v) is 7.58. The fourth-order valence-corrected chi connectivity index (χ4v) is 3.44. The van der Waals surface area contributed by atoms with E-state index in [9.17, 15) is 5.11 Å². The van der Waals surface area contributed by atoms with Crippen molar-refractivity contribution < 1.29 is 5.11 Å². The molecule has 1 aliphatic carbocycles. The van der Waals surface area contributed by atoms with E-state index in [4.69, 9.17) is 0 Å². The van der Waals surface area contributed by atoms with Gasteiger partial charge in [-0.25, -0.2) is 0 Å². The minimum Gasteiger partial charge on any atom is -0.387 e. The lowest BCUT2D eigenvalue weighted by Crippen LogP contribution is -2.46. The zero-order chi connectivity index (χ0) is 14.0. The summed E-state index contributed by atoms with van der Waals surface area (Å²) in [6, 6.07) is 9.11. The summed E-state index contributed by atoms with van der Waals surface area (Å²) in [4.78, 5) is 2.47. The number of nitrogens with zero attached hydrogens (tertiary/aromatic N) is 1. The Balaban J connectivity index is 2.30. The van der Waals surface area contributed by atoms with E-state index in [1.807, 2.05) is 6.07 Å². The second kappa shape index (κ2) is 6.06. The van der Waals surface area contributed by atoms with Gasteiger partial charge in [0.15, 0.2) is 0 Å². The highest BCUT2D eigenvalue weighted by molar-refractivity contribution is 5.35. The minimum absolute atomic E-state index is 0.254. The maximum absolute atomic E-state index is 10.7. The molecule has 0 heterocycles. The molecular formula is C17H27NO. The van der Waals surface area contributed by atoms with Gasteiger partial charge in [0.1, 0.15) is 0 Å². The number of aliphatic hydroxyl groups excluding tert-OH is 1. The Morgan fingerprint density at radius 1 is 1.26 bits per heavy atom. The Hall–Kier alpha value is -0.860. The smallest absolute Gasteiger partial charge is 0.0948 e. The van der Waals surface area contributed by atoms with Crippen LogP contribution in [0.2, 0.25) is 0 Å². The van der Waals surface area contributed by atoms with Crippen LogP contribution in [-0.2, 0) is 0 Å². The zero-order valence-electron chi connectivity index (χ0n) is 12.6. The Kier molecular flexibility index (Phi) is 4.64. The minimum atomic E-state index is -0.346. The van der Waals surface area contributed by atoms with E-state index in [0.717, 1.165) is 24.9 Å². The molecule has 3 unspecified atom stereocenters. The lowest BCUT2D eigenvalue weighted by atomic mass is 9.78. The predicted octanol–water partition coefficient (Wildman–Crippen LogP) is 3.72. The second-order valence-corrected chi connectivity index (χ2v) is 6.11. The van der Waals surface area contributed by atoms with Gasteiger partial charge in [0.2, 0.25) is 0 Å². The Bertz CT molecular complexity index is 415. The number of hydrogen-bond donors (Lipinski definition) is 1. The maximum Gasteiger partial charge on any atom is 0.0948 e. The molecule has 1 aliphatic rings. The summed E-state index contributed by atoms with van der Waals surface area (Å²) in [6.45, 7) is 10.0. The average Bonchev–Trinajstić information content (AvgIpc) is 2.40. The number of fused-ring (bicyclic) bond motifs is 1. The van der Waals surface area contributed by atoms with Gasteiger partial charge in [-0.15, -0.1) is 0 Å². The van der Waals surface area contributed by atoms with Crippen LogP contribution in [0.25, 0.3) is 0 Å². The van der Waals surface area contributed by atoms with Gasteiger partial charge in [-0.05, 0) is 50.3 Å². The quantitative estimate of drug-likeness (QED) is 0.893. The highest BCUT2D eigenvalue weighted by atomic mass is 16.3. The molecule has 0 aliphatic heterocycles. The third kappa shape index (κ3) is 2.85. The van der Waals surface area contributed by atoms with E-state index in [1.54, 1.807) is 0 Å². The van der Waals surface area contributed by atoms with Crippen LogP contribution in [0, 0.1) is 0 Å². The first-order chi connectivity index (χ1) is 9.06. The van der Waals surface area contributed by atoms with Gasteiger partial charge in [-0.3, -0.25) is 4.90 Å². The maximum atomic E-state index is 10.7. The number of rotatable bonds is 4. The predicted molar refractivity (Wildman–Crippen MR) is 80.4 cm³/mol. The Morgan fingerprint density at radius 2 is 1.89 bits per heavy atom. The van der Waals surface area contributed by atoms with Crippen molar-refractivity contribution in [2.45, 2.75) is 64.6 Å². The van der Waals surface area contributed by atoms with Gasteiger partial charge in [0.25, 0.3) is 0 Å². The highest BCUT2D eigenvalue weighted by Gasteiger charge is 2.35. The molecule has 2 heteroatoms. The van der Waals surface area contributed by atoms with Crippen molar-refractivity contribution in [2.24, 2.45) is 0 Å². The summed E-state index contributed by atoms with van der Waals surface area (Å²) in [5, 5.41) is 10.7. The molecule has 0 saturated heterocycles. The number of aliphatic hydroxyl groups is 1. The van der Waals surface area contributed by atoms with Crippen LogP contribution in [0.3, 0.4) is 0 Å². The van der Waals surface area contributed by atoms with Crippen molar-refractivity contribution in [1.82, 2.24) is 4.90 Å². The third-order valence-corrected chi connectivity index (χ3v) is 4.38. The molecule has 0 radical (unpaired) electrons. The van der Waals surface area contributed by atoms with Crippen molar-refractivity contribution >= 4 is 0 Å². The molecule has 19 heavy (non-hydrogen) atoms. The van der Waals surface area contributed by atoms with E-state index in [0.29, 0.717) is 12.0 Å². The van der Waals surface area contributed by atoms with Gasteiger partial charge in [0.05, 0.1) is 6.10 Å². The van der Waals surface area contributed by atoms with Crippen molar-refractivity contribution in [2.75, 3.05) is 6.54 Å². The molecule has 106 valence electrons. The van der Waals surface area contributed by atoms with Gasteiger partial charge in [-0.2, -0.15) is 0 Å². The van der Waals surface area contributed by atoms with Gasteiger partial charge < -0.3 is 5.11 Å². The summed E-state index contributed by atoms with van der Waals surface area (Å²) in [6.07, 6.45) is 1.84. The largest absolute Gasteiger partial charge is 0.387 e. The van der Waals surface area contributed by atoms with E-state index in [2.05, 4.69) is 50.8 Å². The fourth-order valence-electron chi connectivity index (χ4n) is 3.44. The summed E-state index contributed by atoms with van der Waals surface area (Å²) in [5.41, 5.74) is 2.46. The summed E-state index contributed by atoms with van der Waals surface area (Å²) < 4.78 is 0. The average molecular weight is 261 g/mol. The molecule has 0 saturated carbocycles. The summed E-state index contributed by atoms with van der Waals surface area (Å²) >= 11 is 0. The van der Waals surface area contributed by atoms with E-state index in [1.165, 1.54) is 5.56 Å². The standard InChI is InChI=1S/C17H27NO/c1-5-10-18(12(2)3)16-11-13(4)14-8-6-7-9-15(14)17(16)19/h6-9,12-13,16-17,19H,5,10-11H2,1-4H3. The molecule has 0 spiro atoms. The monoisotopic (exact) mass is 261 g/mol. The van der Waals surface area contributed by atoms with Crippen LogP contribution in [0.15, 0.2) is 24.3 Å². The van der Waals surface area contributed by atoms with Crippen LogP contribution in [0.4, 0.5) is 0 Å². The van der Waals surface area contributed by atoms with Gasteiger partial charge >= 0.3 is 0 Å². The molecule has 0 amide bonds. The number of hydrogen-bond acceptors (Lipinski definition) is 2. The molecule has 2 nitrogen and oxygen atoms in total. The van der Waals surface area contributed by atoms with Crippen LogP contribution in [-0.4, -0.2) is 28.6 Å². The highest BCUT2D eigenvalue weighted by Crippen LogP contribution is 2.40. The van der Waals surface area contributed by atoms with Crippen molar-refractivity contribution in [1.29, 1.82) is 0 Å². The van der Waals surface area contributed by atoms with Crippen LogP contribution in [0.5, 0.6) is 0 Å². The van der Waals surface area contributed by atoms with Crippen molar-refractivity contribution in [3.05, 3.63) is 35.4 Å². The summed E-state index contributed by atoms with van der Waals surface area (Å²) in [7, 11) is 0. The fraction of sp³-hybridized carbons (Fsp3) is 0.647. The Labute approximate surface area is 117 Å². The van der Waals surface area contributed by atoms with Gasteiger partial charge in [0, 0.05) is 12.1 Å². The molecule has 0 bridgehead atoms. The molecule has 1 aromatic rings. The Morgan fingerprint density at radius 3 is 2.47 bits per heavy atom. The SMILES string of the molecule is CCCN(C(C)C)C1CC(C)c2ccccc2C1O. The first-order valence-electron chi connectivity index (χ1n) is 7.58. The lowest BCUT2D eigenvalue weighted by Gasteiger charge is -2.43. The molecule has 3 atom stereocenters. The lowest BCUT2D eigenvalue weighted by molar-refractivity contribution is 0.0147. The summed E-state index contributed by atoms with van der Waals surface area (Å²) in [5.74, 6) is 0.530. The molecule has 0 fully saturated rings. The topological polar surface area (TPSA) is 23.5 Å². The van der Waals surface area contributed by atoms with Crippen molar-refractivity contribution in [3.8, 4) is 0 Å². The third-order valence-electron chi connectivity index (χ3n) is 4.38. The second-order valence-electron chi connectivity index (χ2n) is 6.11. The van der Waals surface area contributed by atoms with Crippen molar-refractivity contribution in [3.63, 3.8) is 0 Å². The molecule has 0 aromatic heterocycles. The van der Waals surface area contributed by atoms with Crippen LogP contribution < -0.4 is 0 Å². The van der Waals surface area contributed by atoms with Crippen LogP contribution >= 0.6 is 0 Å². The molecule has 2 rings (SSSR count).